The maximum absolute atomic E-state index is 13.5. The Labute approximate surface area is 208 Å². The Hall–Kier alpha value is -1.19. The molecule has 3 fully saturated rings. The van der Waals surface area contributed by atoms with E-state index in [-0.39, 0.29) is 17.4 Å². The number of ketones is 1. The molecule has 1 heterocycles. The molecule has 3 saturated carbocycles. The zero-order valence-corrected chi connectivity index (χ0v) is 22.6. The van der Waals surface area contributed by atoms with Crippen LogP contribution in [-0.2, 0) is 4.79 Å². The van der Waals surface area contributed by atoms with Gasteiger partial charge in [-0.3, -0.25) is 9.69 Å². The lowest BCUT2D eigenvalue weighted by molar-refractivity contribution is -0.140. The highest BCUT2D eigenvalue weighted by Gasteiger charge is 2.59. The molecule has 1 N–H and O–H groups in total. The molecule has 0 spiro atoms. The quantitative estimate of drug-likeness (QED) is 0.505. The zero-order valence-electron chi connectivity index (χ0n) is 22.6. The van der Waals surface area contributed by atoms with Crippen LogP contribution in [0.2, 0.25) is 0 Å². The van der Waals surface area contributed by atoms with Crippen LogP contribution in [0.3, 0.4) is 0 Å². The standard InChI is InChI=1S/C31H48N2O/c1-20(7-8-22-15-18-32-19-21(22)2)24-11-12-25-23-9-10-27-29(34)28(33(5)6)14-17-31(27,4)26(23)13-16-30(24,25)3/h7-9,20,24-28,32H,10-19H2,1-6H3/b8-7+/t20-,24+,25-,26-,27?,28-,30+,31+/m0/s1. The molecule has 1 aliphatic heterocycles. The van der Waals surface area contributed by atoms with Crippen molar-refractivity contribution in [2.75, 3.05) is 27.2 Å². The van der Waals surface area contributed by atoms with Gasteiger partial charge in [-0.15, -0.1) is 0 Å². The maximum Gasteiger partial charge on any atom is 0.153 e. The van der Waals surface area contributed by atoms with Crippen LogP contribution >= 0.6 is 0 Å². The molecule has 1 unspecified atom stereocenters. The summed E-state index contributed by atoms with van der Waals surface area (Å²) in [5, 5.41) is 3.49. The van der Waals surface area contributed by atoms with Crippen LogP contribution < -0.4 is 5.32 Å². The van der Waals surface area contributed by atoms with Gasteiger partial charge in [0.05, 0.1) is 6.04 Å². The molecule has 0 amide bonds. The molecule has 0 saturated heterocycles. The van der Waals surface area contributed by atoms with Gasteiger partial charge in [-0.1, -0.05) is 50.1 Å². The summed E-state index contributed by atoms with van der Waals surface area (Å²) in [6, 6.07) is 0.129. The minimum absolute atomic E-state index is 0.129. The molecule has 0 radical (unpaired) electrons. The fourth-order valence-electron chi connectivity index (χ4n) is 9.24. The molecule has 34 heavy (non-hydrogen) atoms. The molecule has 3 heteroatoms. The third-order valence-corrected chi connectivity index (χ3v) is 11.4. The van der Waals surface area contributed by atoms with Crippen molar-refractivity contribution in [2.45, 2.75) is 85.1 Å². The Morgan fingerprint density at radius 3 is 2.53 bits per heavy atom. The number of nitrogens with zero attached hydrogens (tertiary/aromatic N) is 1. The predicted octanol–water partition coefficient (Wildman–Crippen LogP) is 6.18. The molecule has 3 nitrogen and oxygen atoms in total. The van der Waals surface area contributed by atoms with Gasteiger partial charge in [0.15, 0.2) is 5.78 Å². The highest BCUT2D eigenvalue weighted by Crippen LogP contribution is 2.66. The molecule has 0 bridgehead atoms. The van der Waals surface area contributed by atoms with E-state index in [1.165, 1.54) is 44.1 Å². The number of rotatable bonds is 4. The van der Waals surface area contributed by atoms with E-state index in [2.05, 4.69) is 70.2 Å². The van der Waals surface area contributed by atoms with E-state index in [1.54, 1.807) is 11.1 Å². The first-order valence-electron chi connectivity index (χ1n) is 14.1. The minimum Gasteiger partial charge on any atom is -0.313 e. The summed E-state index contributed by atoms with van der Waals surface area (Å²) in [5.74, 6) is 3.51. The predicted molar refractivity (Wildman–Crippen MR) is 142 cm³/mol. The average Bonchev–Trinajstić information content (AvgIpc) is 3.15. The van der Waals surface area contributed by atoms with Gasteiger partial charge in [-0.2, -0.15) is 0 Å². The fraction of sp³-hybridized carbons (Fsp3) is 0.774. The summed E-state index contributed by atoms with van der Waals surface area (Å²) in [4.78, 5) is 15.6. The summed E-state index contributed by atoms with van der Waals surface area (Å²) in [6.07, 6.45) is 17.3. The lowest BCUT2D eigenvalue weighted by Crippen LogP contribution is -2.55. The topological polar surface area (TPSA) is 32.3 Å². The van der Waals surface area contributed by atoms with Crippen LogP contribution in [0.15, 0.2) is 34.9 Å². The van der Waals surface area contributed by atoms with Gasteiger partial charge >= 0.3 is 0 Å². The van der Waals surface area contributed by atoms with E-state index < -0.39 is 0 Å². The largest absolute Gasteiger partial charge is 0.313 e. The summed E-state index contributed by atoms with van der Waals surface area (Å²) >= 11 is 0. The summed E-state index contributed by atoms with van der Waals surface area (Å²) < 4.78 is 0. The Bertz CT molecular complexity index is 912. The summed E-state index contributed by atoms with van der Waals surface area (Å²) in [6.45, 7) is 12.0. The van der Waals surface area contributed by atoms with Crippen molar-refractivity contribution in [1.29, 1.82) is 0 Å². The van der Waals surface area contributed by atoms with Crippen LogP contribution in [0.1, 0.15) is 79.1 Å². The smallest absolute Gasteiger partial charge is 0.153 e. The monoisotopic (exact) mass is 464 g/mol. The number of likely N-dealkylation sites (N-methyl/N-ethyl adjacent to an activating group) is 1. The zero-order chi connectivity index (χ0) is 24.3. The van der Waals surface area contributed by atoms with E-state index in [1.807, 2.05) is 0 Å². The first-order chi connectivity index (χ1) is 16.2. The lowest BCUT2D eigenvalue weighted by Gasteiger charge is -2.57. The Balaban J connectivity index is 1.36. The van der Waals surface area contributed by atoms with Gasteiger partial charge < -0.3 is 5.32 Å². The number of nitrogens with one attached hydrogen (secondary N) is 1. The molecule has 0 aromatic heterocycles. The van der Waals surface area contributed by atoms with E-state index in [4.69, 9.17) is 0 Å². The van der Waals surface area contributed by atoms with Gasteiger partial charge in [0.2, 0.25) is 0 Å². The van der Waals surface area contributed by atoms with Crippen molar-refractivity contribution in [1.82, 2.24) is 10.2 Å². The highest BCUT2D eigenvalue weighted by atomic mass is 16.1. The normalized spacial score (nSPS) is 43.6. The SMILES string of the molecule is CC1=C(/C=C/[C@H](C)[C@H]2CC[C@H]3C4=CCC5C(=O)[C@@H](N(C)C)CC[C@]5(C)[C@H]4CC[C@]23C)CCNC1. The minimum atomic E-state index is 0.129. The van der Waals surface area contributed by atoms with E-state index in [0.717, 1.165) is 37.8 Å². The van der Waals surface area contributed by atoms with E-state index >= 15 is 0 Å². The number of allylic oxidation sites excluding steroid dienone is 4. The number of hydrogen-bond acceptors (Lipinski definition) is 3. The van der Waals surface area contributed by atoms with Gasteiger partial charge in [-0.05, 0) is 119 Å². The molecular formula is C31H48N2O. The van der Waals surface area contributed by atoms with E-state index in [9.17, 15) is 4.79 Å². The Morgan fingerprint density at radius 1 is 1.06 bits per heavy atom. The molecule has 0 aromatic carbocycles. The first kappa shape index (κ1) is 24.5. The molecule has 8 atom stereocenters. The lowest BCUT2D eigenvalue weighted by atomic mass is 9.47. The van der Waals surface area contributed by atoms with Crippen molar-refractivity contribution in [2.24, 2.45) is 40.4 Å². The van der Waals surface area contributed by atoms with Gasteiger partial charge in [0.1, 0.15) is 0 Å². The van der Waals surface area contributed by atoms with E-state index in [0.29, 0.717) is 23.0 Å². The molecule has 188 valence electrons. The highest BCUT2D eigenvalue weighted by molar-refractivity contribution is 5.88. The number of fused-ring (bicyclic) bond motifs is 5. The van der Waals surface area contributed by atoms with Crippen molar-refractivity contribution >= 4 is 5.78 Å². The van der Waals surface area contributed by atoms with Crippen LogP contribution in [-0.4, -0.2) is 43.9 Å². The number of carbonyl (C=O) groups excluding carboxylic acids is 1. The maximum atomic E-state index is 13.5. The first-order valence-corrected chi connectivity index (χ1v) is 14.1. The molecule has 5 aliphatic rings. The van der Waals surface area contributed by atoms with Crippen molar-refractivity contribution < 1.29 is 4.79 Å². The second kappa shape index (κ2) is 9.04. The molecule has 5 rings (SSSR count). The van der Waals surface area contributed by atoms with Crippen molar-refractivity contribution in [3.8, 4) is 0 Å². The van der Waals surface area contributed by atoms with Crippen LogP contribution in [0.5, 0.6) is 0 Å². The number of hydrogen-bond donors (Lipinski definition) is 1. The summed E-state index contributed by atoms with van der Waals surface area (Å²) in [7, 11) is 4.16. The average molecular weight is 465 g/mol. The number of Topliss-reactive ketones (excluding diaryl/α,β-unsaturated/α-hetero) is 1. The second-order valence-corrected chi connectivity index (χ2v) is 13.2. The third-order valence-electron chi connectivity index (χ3n) is 11.4. The van der Waals surface area contributed by atoms with Crippen molar-refractivity contribution in [3.05, 3.63) is 34.9 Å². The van der Waals surface area contributed by atoms with Gasteiger partial charge in [-0.25, -0.2) is 0 Å². The summed E-state index contributed by atoms with van der Waals surface area (Å²) in [5.41, 5.74) is 5.43. The molecule has 0 aromatic rings. The van der Waals surface area contributed by atoms with Crippen LogP contribution in [0.25, 0.3) is 0 Å². The van der Waals surface area contributed by atoms with Crippen LogP contribution in [0.4, 0.5) is 0 Å². The van der Waals surface area contributed by atoms with Gasteiger partial charge in [0.25, 0.3) is 0 Å². The molecular weight excluding hydrogens is 416 g/mol. The Kier molecular flexibility index (Phi) is 6.51. The van der Waals surface area contributed by atoms with Gasteiger partial charge in [0, 0.05) is 12.5 Å². The Morgan fingerprint density at radius 2 is 1.79 bits per heavy atom. The molecule has 4 aliphatic carbocycles. The third kappa shape index (κ3) is 3.81. The fourth-order valence-corrected chi connectivity index (χ4v) is 9.24. The van der Waals surface area contributed by atoms with Crippen molar-refractivity contribution in [3.63, 3.8) is 0 Å². The van der Waals surface area contributed by atoms with Crippen LogP contribution in [0, 0.1) is 40.4 Å². The second-order valence-electron chi connectivity index (χ2n) is 13.2. The number of carbonyl (C=O) groups is 1.